The first kappa shape index (κ1) is 10.8. The predicted molar refractivity (Wildman–Crippen MR) is 58.8 cm³/mol. The quantitative estimate of drug-likeness (QED) is 0.647. The molecule has 0 saturated heterocycles. The van der Waals surface area contributed by atoms with Gasteiger partial charge in [-0.25, -0.2) is 5.10 Å². The van der Waals surface area contributed by atoms with Gasteiger partial charge in [0.25, 0.3) is 5.56 Å². The van der Waals surface area contributed by atoms with Crippen LogP contribution in [0.2, 0.25) is 0 Å². The van der Waals surface area contributed by atoms with E-state index >= 15 is 0 Å². The smallest absolute Gasteiger partial charge is 0.264 e. The van der Waals surface area contributed by atoms with E-state index in [2.05, 4.69) is 15.5 Å². The molecule has 86 valence electrons. The summed E-state index contributed by atoms with van der Waals surface area (Å²) < 4.78 is 0. The number of rotatable bonds is 2. The highest BCUT2D eigenvalue weighted by Gasteiger charge is 2.30. The van der Waals surface area contributed by atoms with Crippen LogP contribution in [0.5, 0.6) is 0 Å². The molecule has 1 heterocycles. The molecule has 1 aromatic rings. The molecule has 1 fully saturated rings. The molecule has 1 aliphatic rings. The molecule has 2 unspecified atom stereocenters. The van der Waals surface area contributed by atoms with Gasteiger partial charge in [-0.1, -0.05) is 6.42 Å². The number of hydrogen-bond donors (Lipinski definition) is 3. The molecule has 6 heteroatoms. The second-order valence-corrected chi connectivity index (χ2v) is 4.00. The van der Waals surface area contributed by atoms with Crippen LogP contribution < -0.4 is 16.6 Å². The fraction of sp³-hybridized carbons (Fsp3) is 0.500. The van der Waals surface area contributed by atoms with E-state index in [9.17, 15) is 9.59 Å². The monoisotopic (exact) mass is 222 g/mol. The minimum absolute atomic E-state index is 0.0669. The van der Waals surface area contributed by atoms with Gasteiger partial charge in [-0.2, -0.15) is 5.10 Å². The van der Waals surface area contributed by atoms with Crippen molar-refractivity contribution >= 4 is 11.7 Å². The van der Waals surface area contributed by atoms with Crippen molar-refractivity contribution in [2.24, 2.45) is 11.7 Å². The van der Waals surface area contributed by atoms with Gasteiger partial charge in [-0.15, -0.1) is 0 Å². The number of aromatic amines is 1. The Bertz CT molecular complexity index is 422. The van der Waals surface area contributed by atoms with E-state index in [-0.39, 0.29) is 23.4 Å². The maximum Gasteiger partial charge on any atom is 0.264 e. The van der Waals surface area contributed by atoms with E-state index in [1.807, 2.05) is 0 Å². The topological polar surface area (TPSA) is 101 Å². The summed E-state index contributed by atoms with van der Waals surface area (Å²) in [6, 6.07) is 2.72. The predicted octanol–water partition coefficient (Wildman–Crippen LogP) is -0.164. The molecule has 1 aromatic heterocycles. The van der Waals surface area contributed by atoms with Gasteiger partial charge in [0.15, 0.2) is 5.82 Å². The first-order valence-electron chi connectivity index (χ1n) is 5.29. The summed E-state index contributed by atoms with van der Waals surface area (Å²) in [5, 5.41) is 8.60. The zero-order valence-corrected chi connectivity index (χ0v) is 8.77. The third kappa shape index (κ3) is 2.27. The number of nitrogens with two attached hydrogens (primary N) is 1. The summed E-state index contributed by atoms with van der Waals surface area (Å²) in [6.45, 7) is 0. The molecule has 6 nitrogen and oxygen atoms in total. The van der Waals surface area contributed by atoms with E-state index in [1.54, 1.807) is 0 Å². The minimum Gasteiger partial charge on any atom is -0.327 e. The summed E-state index contributed by atoms with van der Waals surface area (Å²) in [5.41, 5.74) is 5.52. The maximum atomic E-state index is 11.8. The number of nitrogens with zero attached hydrogens (tertiary/aromatic N) is 1. The zero-order valence-electron chi connectivity index (χ0n) is 8.77. The van der Waals surface area contributed by atoms with Gasteiger partial charge in [-0.3, -0.25) is 9.59 Å². The minimum atomic E-state index is -0.296. The lowest BCUT2D eigenvalue weighted by Crippen LogP contribution is -2.34. The molecule has 1 aliphatic carbocycles. The van der Waals surface area contributed by atoms with E-state index in [4.69, 9.17) is 5.73 Å². The van der Waals surface area contributed by atoms with Crippen LogP contribution >= 0.6 is 0 Å². The number of carbonyl (C=O) groups excluding carboxylic acids is 1. The highest BCUT2D eigenvalue weighted by Crippen LogP contribution is 2.24. The number of hydrogen-bond acceptors (Lipinski definition) is 4. The largest absolute Gasteiger partial charge is 0.327 e. The third-order valence-corrected chi connectivity index (χ3v) is 2.84. The van der Waals surface area contributed by atoms with Gasteiger partial charge < -0.3 is 11.1 Å². The van der Waals surface area contributed by atoms with Crippen LogP contribution in [0.3, 0.4) is 0 Å². The number of amides is 1. The second-order valence-electron chi connectivity index (χ2n) is 4.00. The van der Waals surface area contributed by atoms with Gasteiger partial charge in [0.1, 0.15) is 0 Å². The molecular weight excluding hydrogens is 208 g/mol. The fourth-order valence-electron chi connectivity index (χ4n) is 1.95. The van der Waals surface area contributed by atoms with Crippen molar-refractivity contribution in [3.63, 3.8) is 0 Å². The van der Waals surface area contributed by atoms with Gasteiger partial charge in [-0.05, 0) is 18.9 Å². The molecule has 0 spiro atoms. The molecule has 0 aromatic carbocycles. The Balaban J connectivity index is 2.01. The first-order chi connectivity index (χ1) is 7.66. The fourth-order valence-corrected chi connectivity index (χ4v) is 1.95. The van der Waals surface area contributed by atoms with Gasteiger partial charge in [0.2, 0.25) is 5.91 Å². The highest BCUT2D eigenvalue weighted by atomic mass is 16.2. The molecule has 16 heavy (non-hydrogen) atoms. The van der Waals surface area contributed by atoms with E-state index in [0.29, 0.717) is 5.82 Å². The molecule has 0 radical (unpaired) electrons. The molecule has 1 amide bonds. The van der Waals surface area contributed by atoms with E-state index in [1.165, 1.54) is 12.1 Å². The molecule has 4 N–H and O–H groups in total. The number of carbonyl (C=O) groups is 1. The van der Waals surface area contributed by atoms with E-state index in [0.717, 1.165) is 19.3 Å². The molecule has 1 saturated carbocycles. The first-order valence-corrected chi connectivity index (χ1v) is 5.29. The Morgan fingerprint density at radius 3 is 2.88 bits per heavy atom. The lowest BCUT2D eigenvalue weighted by atomic mass is 10.0. The summed E-state index contributed by atoms with van der Waals surface area (Å²) in [6.07, 6.45) is 2.69. The van der Waals surface area contributed by atoms with Crippen molar-refractivity contribution in [3.05, 3.63) is 22.5 Å². The Kier molecular flexibility index (Phi) is 3.00. The standard InChI is InChI=1S/C10H14N4O2/c11-7-3-1-2-6(7)10(16)12-8-4-5-9(15)14-13-8/h4-7H,1-3,11H2,(H,14,15)(H,12,13,16). The van der Waals surface area contributed by atoms with Crippen LogP contribution in [0.4, 0.5) is 5.82 Å². The normalized spacial score (nSPS) is 24.3. The Morgan fingerprint density at radius 1 is 1.50 bits per heavy atom. The summed E-state index contributed by atoms with van der Waals surface area (Å²) in [7, 11) is 0. The van der Waals surface area contributed by atoms with Gasteiger partial charge in [0.05, 0.1) is 5.92 Å². The van der Waals surface area contributed by atoms with Crippen molar-refractivity contribution in [1.29, 1.82) is 0 Å². The van der Waals surface area contributed by atoms with Crippen LogP contribution in [0.15, 0.2) is 16.9 Å². The summed E-state index contributed by atoms with van der Waals surface area (Å²) >= 11 is 0. The average molecular weight is 222 g/mol. The Hall–Kier alpha value is -1.69. The number of anilines is 1. The van der Waals surface area contributed by atoms with E-state index < -0.39 is 0 Å². The van der Waals surface area contributed by atoms with Crippen molar-refractivity contribution < 1.29 is 4.79 Å². The number of aromatic nitrogens is 2. The van der Waals surface area contributed by atoms with Crippen molar-refractivity contribution in [2.45, 2.75) is 25.3 Å². The van der Waals surface area contributed by atoms with Gasteiger partial charge in [0, 0.05) is 12.1 Å². The van der Waals surface area contributed by atoms with Crippen molar-refractivity contribution in [1.82, 2.24) is 10.2 Å². The Labute approximate surface area is 92.2 Å². The number of H-pyrrole nitrogens is 1. The third-order valence-electron chi connectivity index (χ3n) is 2.84. The highest BCUT2D eigenvalue weighted by molar-refractivity contribution is 5.92. The summed E-state index contributed by atoms with van der Waals surface area (Å²) in [5.74, 6) is 0.0852. The van der Waals surface area contributed by atoms with Crippen LogP contribution in [0.25, 0.3) is 0 Å². The zero-order chi connectivity index (χ0) is 11.5. The Morgan fingerprint density at radius 2 is 2.31 bits per heavy atom. The number of nitrogens with one attached hydrogen (secondary N) is 2. The van der Waals surface area contributed by atoms with Crippen LogP contribution in [0.1, 0.15) is 19.3 Å². The molecule has 0 bridgehead atoms. The average Bonchev–Trinajstić information content (AvgIpc) is 2.68. The van der Waals surface area contributed by atoms with Crippen LogP contribution in [-0.2, 0) is 4.79 Å². The van der Waals surface area contributed by atoms with Crippen molar-refractivity contribution in [3.8, 4) is 0 Å². The van der Waals surface area contributed by atoms with Crippen LogP contribution in [-0.4, -0.2) is 22.1 Å². The lowest BCUT2D eigenvalue weighted by molar-refractivity contribution is -0.120. The molecule has 0 aliphatic heterocycles. The lowest BCUT2D eigenvalue weighted by Gasteiger charge is -2.14. The summed E-state index contributed by atoms with van der Waals surface area (Å²) in [4.78, 5) is 22.6. The second kappa shape index (κ2) is 4.44. The maximum absolute atomic E-state index is 11.8. The SMILES string of the molecule is NC1CCCC1C(=O)Nc1ccc(=O)[nH]n1. The van der Waals surface area contributed by atoms with Crippen molar-refractivity contribution in [2.75, 3.05) is 5.32 Å². The molecule has 2 atom stereocenters. The van der Waals surface area contributed by atoms with Crippen LogP contribution in [0, 0.1) is 5.92 Å². The molecular formula is C10H14N4O2. The molecule has 2 rings (SSSR count). The van der Waals surface area contributed by atoms with Gasteiger partial charge >= 0.3 is 0 Å².